The molecule has 0 radical (unpaired) electrons. The molecule has 1 aliphatic rings. The van der Waals surface area contributed by atoms with Gasteiger partial charge in [-0.2, -0.15) is 0 Å². The molecule has 1 fully saturated rings. The van der Waals surface area contributed by atoms with Crippen LogP contribution >= 0.6 is 23.4 Å². The minimum Gasteiger partial charge on any atom is -0.396 e. The van der Waals surface area contributed by atoms with Gasteiger partial charge >= 0.3 is 0 Å². The number of thioether (sulfide) groups is 1. The lowest BCUT2D eigenvalue weighted by Gasteiger charge is -2.07. The molecule has 4 heteroatoms. The summed E-state index contributed by atoms with van der Waals surface area (Å²) in [6.45, 7) is 1.08. The summed E-state index contributed by atoms with van der Waals surface area (Å²) in [7, 11) is 0. The first-order valence-electron chi connectivity index (χ1n) is 5.55. The molecule has 1 aromatic carbocycles. The van der Waals surface area contributed by atoms with Crippen LogP contribution in [-0.4, -0.2) is 23.5 Å². The van der Waals surface area contributed by atoms with Gasteiger partial charge in [0.15, 0.2) is 0 Å². The van der Waals surface area contributed by atoms with Crippen molar-refractivity contribution in [3.05, 3.63) is 28.8 Å². The number of halogens is 1. The number of aliphatic hydroxyl groups is 1. The fourth-order valence-electron chi connectivity index (χ4n) is 1.48. The number of aliphatic hydroxyl groups excluding tert-OH is 1. The SMILES string of the molecule is OCCSc1ccc(CNC2CC2)cc1Cl. The average molecular weight is 258 g/mol. The third-order valence-corrected chi connectivity index (χ3v) is 4.00. The van der Waals surface area contributed by atoms with Crippen LogP contribution in [0.15, 0.2) is 23.1 Å². The topological polar surface area (TPSA) is 32.3 Å². The van der Waals surface area contributed by atoms with E-state index in [1.165, 1.54) is 18.4 Å². The monoisotopic (exact) mass is 257 g/mol. The van der Waals surface area contributed by atoms with Gasteiger partial charge in [-0.1, -0.05) is 17.7 Å². The van der Waals surface area contributed by atoms with Crippen LogP contribution in [0.2, 0.25) is 5.02 Å². The van der Waals surface area contributed by atoms with Gasteiger partial charge in [-0.3, -0.25) is 0 Å². The standard InChI is InChI=1S/C12H16ClNOS/c13-11-7-9(8-14-10-2-3-10)1-4-12(11)16-6-5-15/h1,4,7,10,14-15H,2-3,5-6,8H2. The first-order chi connectivity index (χ1) is 7.79. The van der Waals surface area contributed by atoms with Gasteiger partial charge in [0.05, 0.1) is 11.6 Å². The van der Waals surface area contributed by atoms with Gasteiger partial charge < -0.3 is 10.4 Å². The Morgan fingerprint density at radius 3 is 2.88 bits per heavy atom. The van der Waals surface area contributed by atoms with E-state index in [-0.39, 0.29) is 6.61 Å². The summed E-state index contributed by atoms with van der Waals surface area (Å²) in [5.41, 5.74) is 1.23. The molecule has 0 bridgehead atoms. The average Bonchev–Trinajstić information content (AvgIpc) is 3.09. The first-order valence-corrected chi connectivity index (χ1v) is 6.91. The van der Waals surface area contributed by atoms with Crippen molar-refractivity contribution in [3.8, 4) is 0 Å². The van der Waals surface area contributed by atoms with Gasteiger partial charge in [0.25, 0.3) is 0 Å². The van der Waals surface area contributed by atoms with Gasteiger partial charge in [-0.25, -0.2) is 0 Å². The Balaban J connectivity index is 1.91. The van der Waals surface area contributed by atoms with Crippen molar-refractivity contribution in [1.29, 1.82) is 0 Å². The van der Waals surface area contributed by atoms with Crippen LogP contribution in [-0.2, 0) is 6.54 Å². The number of hydrogen-bond donors (Lipinski definition) is 2. The summed E-state index contributed by atoms with van der Waals surface area (Å²) >= 11 is 7.76. The number of rotatable bonds is 6. The van der Waals surface area contributed by atoms with Crippen LogP contribution in [0.1, 0.15) is 18.4 Å². The van der Waals surface area contributed by atoms with Gasteiger partial charge in [-0.05, 0) is 30.5 Å². The molecule has 0 saturated heterocycles. The Labute approximate surface area is 105 Å². The van der Waals surface area contributed by atoms with Crippen LogP contribution in [0.4, 0.5) is 0 Å². The zero-order chi connectivity index (χ0) is 11.4. The molecule has 2 N–H and O–H groups in total. The quantitative estimate of drug-likeness (QED) is 0.769. The second kappa shape index (κ2) is 5.92. The van der Waals surface area contributed by atoms with E-state index in [1.807, 2.05) is 12.1 Å². The molecule has 0 aromatic heterocycles. The molecule has 0 unspecified atom stereocenters. The fraction of sp³-hybridized carbons (Fsp3) is 0.500. The predicted octanol–water partition coefficient (Wildman–Crippen LogP) is 2.68. The summed E-state index contributed by atoms with van der Waals surface area (Å²) in [5.74, 6) is 0.694. The van der Waals surface area contributed by atoms with Crippen LogP contribution in [0, 0.1) is 0 Å². The molecule has 1 saturated carbocycles. The number of benzene rings is 1. The fourth-order valence-corrected chi connectivity index (χ4v) is 2.52. The van der Waals surface area contributed by atoms with E-state index in [0.717, 1.165) is 22.5 Å². The Hall–Kier alpha value is -0.220. The normalized spacial score (nSPS) is 15.4. The zero-order valence-corrected chi connectivity index (χ0v) is 10.7. The molecule has 0 heterocycles. The van der Waals surface area contributed by atoms with Crippen molar-refractivity contribution in [3.63, 3.8) is 0 Å². The van der Waals surface area contributed by atoms with Gasteiger partial charge in [-0.15, -0.1) is 11.8 Å². The van der Waals surface area contributed by atoms with Crippen molar-refractivity contribution in [1.82, 2.24) is 5.32 Å². The molecule has 88 valence electrons. The predicted molar refractivity (Wildman–Crippen MR) is 69.1 cm³/mol. The molecule has 2 nitrogen and oxygen atoms in total. The Morgan fingerprint density at radius 2 is 2.25 bits per heavy atom. The molecule has 0 amide bonds. The Morgan fingerprint density at radius 1 is 1.44 bits per heavy atom. The van der Waals surface area contributed by atoms with Crippen LogP contribution in [0.25, 0.3) is 0 Å². The van der Waals surface area contributed by atoms with E-state index < -0.39 is 0 Å². The minimum absolute atomic E-state index is 0.186. The molecule has 2 rings (SSSR count). The molecule has 1 aromatic rings. The van der Waals surface area contributed by atoms with Crippen molar-refractivity contribution in [2.45, 2.75) is 30.3 Å². The molecule has 1 aliphatic carbocycles. The van der Waals surface area contributed by atoms with Gasteiger partial charge in [0.2, 0.25) is 0 Å². The van der Waals surface area contributed by atoms with E-state index in [9.17, 15) is 0 Å². The highest BCUT2D eigenvalue weighted by atomic mass is 35.5. The molecule has 0 atom stereocenters. The minimum atomic E-state index is 0.186. The van der Waals surface area contributed by atoms with Crippen LogP contribution in [0.5, 0.6) is 0 Å². The van der Waals surface area contributed by atoms with Crippen LogP contribution < -0.4 is 5.32 Å². The van der Waals surface area contributed by atoms with Crippen molar-refractivity contribution in [2.75, 3.05) is 12.4 Å². The molecule has 16 heavy (non-hydrogen) atoms. The lowest BCUT2D eigenvalue weighted by molar-refractivity contribution is 0.322. The lowest BCUT2D eigenvalue weighted by Crippen LogP contribution is -2.15. The van der Waals surface area contributed by atoms with Crippen molar-refractivity contribution < 1.29 is 5.11 Å². The maximum Gasteiger partial charge on any atom is 0.0545 e. The van der Waals surface area contributed by atoms with Crippen molar-refractivity contribution in [2.24, 2.45) is 0 Å². The van der Waals surface area contributed by atoms with E-state index >= 15 is 0 Å². The maximum absolute atomic E-state index is 8.75. The summed E-state index contributed by atoms with van der Waals surface area (Å²) in [6.07, 6.45) is 2.61. The Kier molecular flexibility index (Phi) is 4.53. The highest BCUT2D eigenvalue weighted by Crippen LogP contribution is 2.28. The smallest absolute Gasteiger partial charge is 0.0545 e. The Bertz CT molecular complexity index is 355. The highest BCUT2D eigenvalue weighted by molar-refractivity contribution is 7.99. The maximum atomic E-state index is 8.75. The summed E-state index contributed by atoms with van der Waals surface area (Å²) in [6, 6.07) is 6.87. The third kappa shape index (κ3) is 3.67. The number of nitrogens with one attached hydrogen (secondary N) is 1. The molecular weight excluding hydrogens is 242 g/mol. The van der Waals surface area contributed by atoms with Crippen molar-refractivity contribution >= 4 is 23.4 Å². The molecular formula is C12H16ClNOS. The molecule has 0 spiro atoms. The first kappa shape index (κ1) is 12.2. The second-order valence-electron chi connectivity index (χ2n) is 3.99. The lowest BCUT2D eigenvalue weighted by atomic mass is 10.2. The second-order valence-corrected chi connectivity index (χ2v) is 5.54. The van der Waals surface area contributed by atoms with Crippen LogP contribution in [0.3, 0.4) is 0 Å². The van der Waals surface area contributed by atoms with E-state index in [2.05, 4.69) is 11.4 Å². The third-order valence-electron chi connectivity index (χ3n) is 2.52. The van der Waals surface area contributed by atoms with Gasteiger partial charge in [0, 0.05) is 23.2 Å². The molecule has 0 aliphatic heterocycles. The summed E-state index contributed by atoms with van der Waals surface area (Å²) in [5, 5.41) is 13.0. The highest BCUT2D eigenvalue weighted by Gasteiger charge is 2.19. The largest absolute Gasteiger partial charge is 0.396 e. The van der Waals surface area contributed by atoms with E-state index in [4.69, 9.17) is 16.7 Å². The summed E-state index contributed by atoms with van der Waals surface area (Å²) < 4.78 is 0. The van der Waals surface area contributed by atoms with Gasteiger partial charge in [0.1, 0.15) is 0 Å². The zero-order valence-electron chi connectivity index (χ0n) is 9.08. The van der Waals surface area contributed by atoms with E-state index in [1.54, 1.807) is 11.8 Å². The summed E-state index contributed by atoms with van der Waals surface area (Å²) in [4.78, 5) is 1.05. The number of hydrogen-bond acceptors (Lipinski definition) is 3. The van der Waals surface area contributed by atoms with E-state index in [0.29, 0.717) is 5.75 Å².